The van der Waals surface area contributed by atoms with Gasteiger partial charge in [-0.2, -0.15) is 0 Å². The summed E-state index contributed by atoms with van der Waals surface area (Å²) in [5.41, 5.74) is 0.474. The first-order chi connectivity index (χ1) is 12.0. The Kier molecular flexibility index (Phi) is 5.08. The third kappa shape index (κ3) is 3.54. The van der Waals surface area contributed by atoms with E-state index in [2.05, 4.69) is 0 Å². The third-order valence-electron chi connectivity index (χ3n) is 4.36. The Balaban J connectivity index is 1.78. The van der Waals surface area contributed by atoms with Crippen molar-refractivity contribution in [3.8, 4) is 5.75 Å². The lowest BCUT2D eigenvalue weighted by atomic mass is 10.2. The Morgan fingerprint density at radius 3 is 2.52 bits per heavy atom. The van der Waals surface area contributed by atoms with Gasteiger partial charge in [0, 0.05) is 13.1 Å². The number of carbonyl (C=O) groups is 1. The summed E-state index contributed by atoms with van der Waals surface area (Å²) in [6.07, 6.45) is 0.444. The minimum absolute atomic E-state index is 0.185. The summed E-state index contributed by atoms with van der Waals surface area (Å²) in [7, 11) is -3.43. The molecule has 2 aromatic rings. The van der Waals surface area contributed by atoms with Crippen molar-refractivity contribution in [2.45, 2.75) is 23.5 Å². The van der Waals surface area contributed by atoms with Crippen molar-refractivity contribution in [2.24, 2.45) is 0 Å². The number of ether oxygens (including phenoxy) is 1. The van der Waals surface area contributed by atoms with E-state index in [1.165, 1.54) is 0 Å². The smallest absolute Gasteiger partial charge is 0.257 e. The summed E-state index contributed by atoms with van der Waals surface area (Å²) in [5.74, 6) is 0.346. The molecule has 0 bridgehead atoms. The molecule has 132 valence electrons. The zero-order valence-corrected chi connectivity index (χ0v) is 14.9. The molecule has 0 radical (unpaired) electrons. The van der Waals surface area contributed by atoms with Gasteiger partial charge < -0.3 is 9.64 Å². The van der Waals surface area contributed by atoms with Crippen LogP contribution in [-0.2, 0) is 9.84 Å². The van der Waals surface area contributed by atoms with Gasteiger partial charge in [0.05, 0.1) is 22.3 Å². The van der Waals surface area contributed by atoms with Gasteiger partial charge in [-0.25, -0.2) is 8.42 Å². The largest absolute Gasteiger partial charge is 0.493 e. The Labute approximate surface area is 148 Å². The number of rotatable bonds is 5. The molecule has 1 heterocycles. The standard InChI is InChI=1S/C19H21NO4S/c1-2-24-18-11-7-6-10-17(18)19(21)20-13-12-16(14-20)25(22,23)15-8-4-3-5-9-15/h3-11,16H,2,12-14H2,1H3. The fourth-order valence-corrected chi connectivity index (χ4v) is 4.78. The lowest BCUT2D eigenvalue weighted by molar-refractivity contribution is 0.0789. The van der Waals surface area contributed by atoms with Crippen LogP contribution in [0.2, 0.25) is 0 Å². The summed E-state index contributed by atoms with van der Waals surface area (Å²) in [4.78, 5) is 14.7. The van der Waals surface area contributed by atoms with Crippen molar-refractivity contribution >= 4 is 15.7 Å². The van der Waals surface area contributed by atoms with Gasteiger partial charge in [-0.05, 0) is 37.6 Å². The van der Waals surface area contributed by atoms with Gasteiger partial charge in [0.25, 0.3) is 5.91 Å². The van der Waals surface area contributed by atoms with Crippen LogP contribution in [0.15, 0.2) is 59.5 Å². The highest BCUT2D eigenvalue weighted by atomic mass is 32.2. The first-order valence-electron chi connectivity index (χ1n) is 8.34. The Bertz CT molecular complexity index is 849. The molecule has 0 N–H and O–H groups in total. The van der Waals surface area contributed by atoms with E-state index >= 15 is 0 Å². The number of benzene rings is 2. The molecule has 6 heteroatoms. The van der Waals surface area contributed by atoms with Gasteiger partial charge in [0.15, 0.2) is 9.84 Å². The summed E-state index contributed by atoms with van der Waals surface area (Å²) in [5, 5.41) is -0.571. The molecular weight excluding hydrogens is 338 g/mol. The zero-order chi connectivity index (χ0) is 17.9. The molecule has 1 amide bonds. The second-order valence-corrected chi connectivity index (χ2v) is 8.18. The lowest BCUT2D eigenvalue weighted by Crippen LogP contribution is -2.32. The van der Waals surface area contributed by atoms with Crippen LogP contribution < -0.4 is 4.74 Å². The van der Waals surface area contributed by atoms with E-state index in [1.807, 2.05) is 13.0 Å². The molecule has 2 aromatic carbocycles. The van der Waals surface area contributed by atoms with Crippen molar-refractivity contribution < 1.29 is 17.9 Å². The maximum absolute atomic E-state index is 12.8. The Morgan fingerprint density at radius 2 is 1.80 bits per heavy atom. The van der Waals surface area contributed by atoms with Crippen LogP contribution in [0, 0.1) is 0 Å². The minimum Gasteiger partial charge on any atom is -0.493 e. The van der Waals surface area contributed by atoms with Gasteiger partial charge in [-0.3, -0.25) is 4.79 Å². The molecule has 0 aliphatic carbocycles. The summed E-state index contributed by atoms with van der Waals surface area (Å²) < 4.78 is 31.0. The fraction of sp³-hybridized carbons (Fsp3) is 0.316. The number of hydrogen-bond donors (Lipinski definition) is 0. The topological polar surface area (TPSA) is 63.7 Å². The first kappa shape index (κ1) is 17.5. The summed E-state index contributed by atoms with van der Waals surface area (Å²) in [6.45, 7) is 2.96. The average molecular weight is 359 g/mol. The van der Waals surface area contributed by atoms with E-state index in [1.54, 1.807) is 53.4 Å². The number of para-hydroxylation sites is 1. The molecule has 1 aliphatic heterocycles. The molecule has 1 unspecified atom stereocenters. The summed E-state index contributed by atoms with van der Waals surface area (Å²) >= 11 is 0. The van der Waals surface area contributed by atoms with Gasteiger partial charge >= 0.3 is 0 Å². The molecule has 1 fully saturated rings. The van der Waals surface area contributed by atoms with Crippen LogP contribution in [0.1, 0.15) is 23.7 Å². The maximum atomic E-state index is 12.8. The highest BCUT2D eigenvalue weighted by molar-refractivity contribution is 7.92. The van der Waals surface area contributed by atoms with Crippen molar-refractivity contribution in [1.29, 1.82) is 0 Å². The average Bonchev–Trinajstić information content (AvgIpc) is 3.14. The minimum atomic E-state index is -3.43. The van der Waals surface area contributed by atoms with Gasteiger partial charge in [-0.1, -0.05) is 30.3 Å². The van der Waals surface area contributed by atoms with Crippen LogP contribution in [0.4, 0.5) is 0 Å². The van der Waals surface area contributed by atoms with E-state index in [9.17, 15) is 13.2 Å². The second-order valence-electron chi connectivity index (χ2n) is 5.95. The maximum Gasteiger partial charge on any atom is 0.257 e. The van der Waals surface area contributed by atoms with E-state index in [0.717, 1.165) is 0 Å². The van der Waals surface area contributed by atoms with Crippen molar-refractivity contribution in [2.75, 3.05) is 19.7 Å². The molecule has 5 nitrogen and oxygen atoms in total. The number of likely N-dealkylation sites (tertiary alicyclic amines) is 1. The number of carbonyl (C=O) groups excluding carboxylic acids is 1. The molecule has 0 saturated carbocycles. The molecule has 25 heavy (non-hydrogen) atoms. The number of hydrogen-bond acceptors (Lipinski definition) is 4. The number of nitrogens with zero attached hydrogens (tertiary/aromatic N) is 1. The predicted octanol–water partition coefficient (Wildman–Crippen LogP) is 2.77. The van der Waals surface area contributed by atoms with Gasteiger partial charge in [0.1, 0.15) is 5.75 Å². The van der Waals surface area contributed by atoms with Crippen molar-refractivity contribution in [1.82, 2.24) is 4.90 Å². The molecule has 1 atom stereocenters. The van der Waals surface area contributed by atoms with Crippen LogP contribution >= 0.6 is 0 Å². The normalized spacial score (nSPS) is 17.5. The van der Waals surface area contributed by atoms with Crippen LogP contribution in [0.5, 0.6) is 5.75 Å². The molecule has 3 rings (SSSR count). The third-order valence-corrected chi connectivity index (χ3v) is 6.55. The lowest BCUT2D eigenvalue weighted by Gasteiger charge is -2.18. The fourth-order valence-electron chi connectivity index (χ4n) is 3.06. The first-order valence-corrected chi connectivity index (χ1v) is 9.88. The molecule has 1 saturated heterocycles. The molecule has 1 aliphatic rings. The molecule has 0 spiro atoms. The summed E-state index contributed by atoms with van der Waals surface area (Å²) in [6, 6.07) is 15.5. The van der Waals surface area contributed by atoms with Gasteiger partial charge in [-0.15, -0.1) is 0 Å². The number of amides is 1. The predicted molar refractivity (Wildman–Crippen MR) is 95.5 cm³/mol. The number of sulfone groups is 1. The highest BCUT2D eigenvalue weighted by Crippen LogP contribution is 2.27. The SMILES string of the molecule is CCOc1ccccc1C(=O)N1CCC(S(=O)(=O)c2ccccc2)C1. The van der Waals surface area contributed by atoms with Gasteiger partial charge in [0.2, 0.25) is 0 Å². The second kappa shape index (κ2) is 7.27. The van der Waals surface area contributed by atoms with E-state index in [-0.39, 0.29) is 12.5 Å². The highest BCUT2D eigenvalue weighted by Gasteiger charge is 2.36. The zero-order valence-electron chi connectivity index (χ0n) is 14.1. The van der Waals surface area contributed by atoms with E-state index < -0.39 is 15.1 Å². The van der Waals surface area contributed by atoms with Crippen LogP contribution in [0.3, 0.4) is 0 Å². The van der Waals surface area contributed by atoms with Crippen LogP contribution in [0.25, 0.3) is 0 Å². The van der Waals surface area contributed by atoms with Crippen LogP contribution in [-0.4, -0.2) is 44.2 Å². The van der Waals surface area contributed by atoms with E-state index in [4.69, 9.17) is 4.74 Å². The molecule has 0 aromatic heterocycles. The Hall–Kier alpha value is -2.34. The van der Waals surface area contributed by atoms with Crippen molar-refractivity contribution in [3.05, 3.63) is 60.2 Å². The monoisotopic (exact) mass is 359 g/mol. The quantitative estimate of drug-likeness (QED) is 0.823. The van der Waals surface area contributed by atoms with Crippen molar-refractivity contribution in [3.63, 3.8) is 0 Å². The van der Waals surface area contributed by atoms with E-state index in [0.29, 0.717) is 35.8 Å². The Morgan fingerprint density at radius 1 is 1.12 bits per heavy atom. The molecular formula is C19H21NO4S.